The van der Waals surface area contributed by atoms with Gasteiger partial charge in [0.1, 0.15) is 0 Å². The van der Waals surface area contributed by atoms with E-state index in [1.165, 1.54) is 0 Å². The van der Waals surface area contributed by atoms with E-state index in [4.69, 9.17) is 0 Å². The van der Waals surface area contributed by atoms with Crippen LogP contribution in [-0.4, -0.2) is 41.3 Å². The van der Waals surface area contributed by atoms with Gasteiger partial charge >= 0.3 is 0 Å². The maximum absolute atomic E-state index is 12.3. The fraction of sp³-hybridized carbons (Fsp3) is 0.720. The highest BCUT2D eigenvalue weighted by atomic mass is 32.2. The molecule has 35 heavy (non-hydrogen) atoms. The van der Waals surface area contributed by atoms with Crippen molar-refractivity contribution in [1.29, 1.82) is 0 Å². The quantitative estimate of drug-likeness (QED) is 0.542. The standard InChI is InChI=1S/C25H39N3O5S2/c1-15(29)26-21-9-11-24(4)19(23(21,2)3)8-10-25(5)20(24)13-16-12-17(27-34(6,30)31)14-18(22(16)25)28-35(7,32)33/h12,14,19-21,27-28H,8-11,13H2,1-7H3,(H,26,29). The van der Waals surface area contributed by atoms with Gasteiger partial charge < -0.3 is 5.32 Å². The van der Waals surface area contributed by atoms with Crippen LogP contribution in [0.15, 0.2) is 12.1 Å². The number of hydrogen-bond donors (Lipinski definition) is 3. The summed E-state index contributed by atoms with van der Waals surface area (Å²) >= 11 is 0. The molecule has 2 fully saturated rings. The Morgan fingerprint density at radius 2 is 1.54 bits per heavy atom. The Morgan fingerprint density at radius 1 is 0.914 bits per heavy atom. The molecule has 5 unspecified atom stereocenters. The molecular formula is C25H39N3O5S2. The summed E-state index contributed by atoms with van der Waals surface area (Å²) in [7, 11) is -7.09. The summed E-state index contributed by atoms with van der Waals surface area (Å²) in [5, 5.41) is 3.19. The molecule has 0 aromatic heterocycles. The molecule has 0 aliphatic heterocycles. The minimum Gasteiger partial charge on any atom is -0.353 e. The van der Waals surface area contributed by atoms with E-state index < -0.39 is 20.0 Å². The Hall–Kier alpha value is -1.81. The third-order valence-electron chi connectivity index (χ3n) is 9.27. The van der Waals surface area contributed by atoms with Gasteiger partial charge in [0, 0.05) is 13.0 Å². The van der Waals surface area contributed by atoms with E-state index in [1.54, 1.807) is 13.0 Å². The largest absolute Gasteiger partial charge is 0.353 e. The van der Waals surface area contributed by atoms with E-state index in [0.29, 0.717) is 17.3 Å². The smallest absolute Gasteiger partial charge is 0.229 e. The van der Waals surface area contributed by atoms with Gasteiger partial charge in [-0.3, -0.25) is 14.2 Å². The summed E-state index contributed by atoms with van der Waals surface area (Å²) in [6, 6.07) is 3.61. The molecule has 1 aromatic rings. The van der Waals surface area contributed by atoms with E-state index in [-0.39, 0.29) is 34.1 Å². The van der Waals surface area contributed by atoms with Crippen LogP contribution >= 0.6 is 0 Å². The second-order valence-electron chi connectivity index (χ2n) is 12.2. The van der Waals surface area contributed by atoms with E-state index in [9.17, 15) is 21.6 Å². The average Bonchev–Trinajstić information content (AvgIpc) is 2.95. The summed E-state index contributed by atoms with van der Waals surface area (Å²) in [5.41, 5.74) is 2.51. The van der Waals surface area contributed by atoms with Crippen molar-refractivity contribution in [2.24, 2.45) is 22.7 Å². The molecule has 2 saturated carbocycles. The normalized spacial score (nSPS) is 33.7. The Balaban J connectivity index is 1.80. The maximum Gasteiger partial charge on any atom is 0.229 e. The Labute approximate surface area is 210 Å². The summed E-state index contributed by atoms with van der Waals surface area (Å²) in [6.07, 6.45) is 6.73. The lowest BCUT2D eigenvalue weighted by Crippen LogP contribution is -2.61. The third kappa shape index (κ3) is 4.56. The van der Waals surface area contributed by atoms with Crippen LogP contribution in [0.3, 0.4) is 0 Å². The molecule has 10 heteroatoms. The Morgan fingerprint density at radius 3 is 2.11 bits per heavy atom. The lowest BCUT2D eigenvalue weighted by molar-refractivity contribution is -0.131. The Kier molecular flexibility index (Phi) is 6.07. The van der Waals surface area contributed by atoms with Gasteiger partial charge in [-0.25, -0.2) is 16.8 Å². The molecule has 4 rings (SSSR count). The van der Waals surface area contributed by atoms with Crippen molar-refractivity contribution in [3.05, 3.63) is 23.3 Å². The highest BCUT2D eigenvalue weighted by Gasteiger charge is 2.63. The van der Waals surface area contributed by atoms with Crippen LogP contribution in [0.4, 0.5) is 11.4 Å². The first kappa shape index (κ1) is 26.3. The molecule has 0 saturated heterocycles. The monoisotopic (exact) mass is 525 g/mol. The highest BCUT2D eigenvalue weighted by Crippen LogP contribution is 2.68. The Bertz CT molecular complexity index is 1270. The van der Waals surface area contributed by atoms with Crippen LogP contribution in [0.25, 0.3) is 0 Å². The first-order chi connectivity index (χ1) is 15.9. The summed E-state index contributed by atoms with van der Waals surface area (Å²) in [4.78, 5) is 11.9. The number of anilines is 2. The molecule has 8 nitrogen and oxygen atoms in total. The molecule has 0 radical (unpaired) electrons. The van der Waals surface area contributed by atoms with Crippen molar-refractivity contribution in [3.8, 4) is 0 Å². The molecule has 3 N–H and O–H groups in total. The zero-order valence-electron chi connectivity index (χ0n) is 21.8. The predicted octanol–water partition coefficient (Wildman–Crippen LogP) is 3.60. The number of benzene rings is 1. The van der Waals surface area contributed by atoms with E-state index >= 15 is 0 Å². The van der Waals surface area contributed by atoms with E-state index in [1.807, 2.05) is 6.07 Å². The second-order valence-corrected chi connectivity index (χ2v) is 15.7. The maximum atomic E-state index is 12.3. The molecule has 3 aliphatic rings. The first-order valence-electron chi connectivity index (χ1n) is 12.3. The number of carbonyl (C=O) groups excluding carboxylic acids is 1. The van der Waals surface area contributed by atoms with Crippen LogP contribution < -0.4 is 14.8 Å². The van der Waals surface area contributed by atoms with E-state index in [0.717, 1.165) is 55.7 Å². The molecule has 1 aromatic carbocycles. The molecule has 0 bridgehead atoms. The third-order valence-corrected chi connectivity index (χ3v) is 10.5. The summed E-state index contributed by atoms with van der Waals surface area (Å²) < 4.78 is 53.7. The fourth-order valence-electron chi connectivity index (χ4n) is 8.13. The number of fused-ring (bicyclic) bond motifs is 5. The van der Waals surface area contributed by atoms with Crippen LogP contribution in [0.5, 0.6) is 0 Å². The van der Waals surface area contributed by atoms with Gasteiger partial charge in [0.05, 0.1) is 23.9 Å². The molecular weight excluding hydrogens is 486 g/mol. The molecule has 0 heterocycles. The van der Waals surface area contributed by atoms with Crippen molar-refractivity contribution >= 4 is 37.3 Å². The van der Waals surface area contributed by atoms with Gasteiger partial charge in [-0.1, -0.05) is 27.7 Å². The van der Waals surface area contributed by atoms with Gasteiger partial charge in [-0.05, 0) is 83.4 Å². The number of rotatable bonds is 5. The summed E-state index contributed by atoms with van der Waals surface area (Å²) in [6.45, 7) is 10.7. The fourth-order valence-corrected chi connectivity index (χ4v) is 9.24. The van der Waals surface area contributed by atoms with Crippen molar-refractivity contribution in [2.45, 2.75) is 78.2 Å². The van der Waals surface area contributed by atoms with Crippen molar-refractivity contribution in [3.63, 3.8) is 0 Å². The van der Waals surface area contributed by atoms with Crippen LogP contribution in [-0.2, 0) is 36.7 Å². The number of carbonyl (C=O) groups is 1. The number of hydrogen-bond acceptors (Lipinski definition) is 5. The molecule has 0 spiro atoms. The van der Waals surface area contributed by atoms with Gasteiger partial charge in [-0.15, -0.1) is 0 Å². The first-order valence-corrected chi connectivity index (χ1v) is 16.1. The number of sulfonamides is 2. The molecule has 3 aliphatic carbocycles. The van der Waals surface area contributed by atoms with Crippen LogP contribution in [0.1, 0.15) is 71.4 Å². The topological polar surface area (TPSA) is 121 Å². The SMILES string of the molecule is CC(=O)NC1CCC2(C)C3Cc4cc(NS(C)(=O)=O)cc(NS(C)(=O)=O)c4C3(C)CCC2C1(C)C. The average molecular weight is 526 g/mol. The van der Waals surface area contributed by atoms with Gasteiger partial charge in [0.2, 0.25) is 26.0 Å². The predicted molar refractivity (Wildman–Crippen MR) is 139 cm³/mol. The zero-order chi connectivity index (χ0) is 26.2. The van der Waals surface area contributed by atoms with Gasteiger partial charge in [0.15, 0.2) is 0 Å². The molecule has 1 amide bonds. The second kappa shape index (κ2) is 8.10. The van der Waals surface area contributed by atoms with Crippen molar-refractivity contribution in [2.75, 3.05) is 22.0 Å². The molecule has 5 atom stereocenters. The van der Waals surface area contributed by atoms with Gasteiger partial charge in [0.25, 0.3) is 0 Å². The lowest BCUT2D eigenvalue weighted by atomic mass is 9.42. The summed E-state index contributed by atoms with van der Waals surface area (Å²) in [5.74, 6) is 0.672. The van der Waals surface area contributed by atoms with Gasteiger partial charge in [-0.2, -0.15) is 0 Å². The minimum absolute atomic E-state index is 0.00271. The lowest BCUT2D eigenvalue weighted by Gasteiger charge is -2.63. The highest BCUT2D eigenvalue weighted by molar-refractivity contribution is 7.92. The van der Waals surface area contributed by atoms with E-state index in [2.05, 4.69) is 42.5 Å². The van der Waals surface area contributed by atoms with Crippen LogP contribution in [0.2, 0.25) is 0 Å². The van der Waals surface area contributed by atoms with Crippen LogP contribution in [0, 0.1) is 22.7 Å². The number of amides is 1. The molecule has 196 valence electrons. The van der Waals surface area contributed by atoms with Crippen molar-refractivity contribution < 1.29 is 21.6 Å². The van der Waals surface area contributed by atoms with Crippen molar-refractivity contribution in [1.82, 2.24) is 5.32 Å². The zero-order valence-corrected chi connectivity index (χ0v) is 23.4. The minimum atomic E-state index is -3.57. The number of nitrogens with one attached hydrogen (secondary N) is 3.